The van der Waals surface area contributed by atoms with Crippen LogP contribution in [0.15, 0.2) is 36.4 Å². The second-order valence-corrected chi connectivity index (χ2v) is 6.37. The summed E-state index contributed by atoms with van der Waals surface area (Å²) in [6.45, 7) is 7.23. The molecule has 0 radical (unpaired) electrons. The summed E-state index contributed by atoms with van der Waals surface area (Å²) < 4.78 is 11.6. The van der Waals surface area contributed by atoms with Crippen molar-refractivity contribution < 1.29 is 19.1 Å². The van der Waals surface area contributed by atoms with E-state index in [1.807, 2.05) is 30.3 Å². The van der Waals surface area contributed by atoms with Crippen molar-refractivity contribution in [2.45, 2.75) is 39.8 Å². The molecule has 0 saturated carbocycles. The molecule has 25 heavy (non-hydrogen) atoms. The van der Waals surface area contributed by atoms with E-state index in [-0.39, 0.29) is 13.2 Å². The molecule has 0 aliphatic carbocycles. The molecule has 0 saturated heterocycles. The lowest BCUT2D eigenvalue weighted by Crippen LogP contribution is -2.28. The number of hydrogen-bond acceptors (Lipinski definition) is 5. The fourth-order valence-corrected chi connectivity index (χ4v) is 2.13. The molecule has 1 heterocycles. The van der Waals surface area contributed by atoms with Gasteiger partial charge in [-0.2, -0.15) is 5.10 Å². The number of benzene rings is 1. The number of carbonyl (C=O) groups is 2. The van der Waals surface area contributed by atoms with Crippen LogP contribution in [0.1, 0.15) is 27.7 Å². The summed E-state index contributed by atoms with van der Waals surface area (Å²) in [5.41, 5.74) is 0.881. The fourth-order valence-electron chi connectivity index (χ4n) is 2.13. The third-order valence-electron chi connectivity index (χ3n) is 3.06. The minimum Gasteiger partial charge on any atom is -0.465 e. The van der Waals surface area contributed by atoms with Gasteiger partial charge in [0.05, 0.1) is 12.3 Å². The van der Waals surface area contributed by atoms with Gasteiger partial charge in [-0.15, -0.1) is 0 Å². The minimum atomic E-state index is -0.627. The maximum atomic E-state index is 12.0. The van der Waals surface area contributed by atoms with E-state index in [9.17, 15) is 9.59 Å². The molecule has 0 atom stereocenters. The van der Waals surface area contributed by atoms with Gasteiger partial charge in [-0.05, 0) is 27.7 Å². The van der Waals surface area contributed by atoms with Crippen LogP contribution in [0.4, 0.5) is 10.6 Å². The van der Waals surface area contributed by atoms with Crippen LogP contribution in [0.25, 0.3) is 11.3 Å². The van der Waals surface area contributed by atoms with Crippen LogP contribution in [0.5, 0.6) is 0 Å². The number of ether oxygens (including phenoxy) is 2. The normalized spacial score (nSPS) is 11.0. The molecule has 1 aromatic heterocycles. The zero-order valence-electron chi connectivity index (χ0n) is 14.9. The third-order valence-corrected chi connectivity index (χ3v) is 3.06. The van der Waals surface area contributed by atoms with Gasteiger partial charge < -0.3 is 9.47 Å². The second-order valence-electron chi connectivity index (χ2n) is 6.37. The number of amides is 1. The van der Waals surface area contributed by atoms with Crippen molar-refractivity contribution in [3.63, 3.8) is 0 Å². The van der Waals surface area contributed by atoms with E-state index >= 15 is 0 Å². The first-order chi connectivity index (χ1) is 11.8. The molecule has 134 valence electrons. The van der Waals surface area contributed by atoms with Gasteiger partial charge in [0.1, 0.15) is 18.0 Å². The van der Waals surface area contributed by atoms with Crippen LogP contribution < -0.4 is 5.32 Å². The van der Waals surface area contributed by atoms with Crippen molar-refractivity contribution in [2.24, 2.45) is 0 Å². The van der Waals surface area contributed by atoms with Crippen LogP contribution >= 0.6 is 0 Å². The first kappa shape index (κ1) is 18.5. The largest absolute Gasteiger partial charge is 0.465 e. The Hall–Kier alpha value is -2.83. The molecule has 2 rings (SSSR count). The van der Waals surface area contributed by atoms with Gasteiger partial charge >= 0.3 is 12.1 Å². The highest BCUT2D eigenvalue weighted by molar-refractivity contribution is 5.85. The Morgan fingerprint density at radius 3 is 2.48 bits per heavy atom. The SMILES string of the molecule is CCOC(=O)Cn1nc(-c2ccccc2)cc1NC(=O)OC(C)(C)C. The van der Waals surface area contributed by atoms with Gasteiger partial charge in [0.25, 0.3) is 0 Å². The third kappa shape index (κ3) is 5.63. The predicted molar refractivity (Wildman–Crippen MR) is 94.2 cm³/mol. The molecule has 0 spiro atoms. The molecule has 2 aromatic rings. The lowest BCUT2D eigenvalue weighted by Gasteiger charge is -2.19. The number of hydrogen-bond donors (Lipinski definition) is 1. The fraction of sp³-hybridized carbons (Fsp3) is 0.389. The lowest BCUT2D eigenvalue weighted by atomic mass is 10.2. The van der Waals surface area contributed by atoms with E-state index in [1.165, 1.54) is 4.68 Å². The van der Waals surface area contributed by atoms with Gasteiger partial charge in [-0.1, -0.05) is 30.3 Å². The van der Waals surface area contributed by atoms with Crippen LogP contribution in [0.3, 0.4) is 0 Å². The highest BCUT2D eigenvalue weighted by Gasteiger charge is 2.19. The van der Waals surface area contributed by atoms with E-state index in [1.54, 1.807) is 33.8 Å². The van der Waals surface area contributed by atoms with Gasteiger partial charge in [0.15, 0.2) is 0 Å². The maximum Gasteiger partial charge on any atom is 0.413 e. The summed E-state index contributed by atoms with van der Waals surface area (Å²) in [7, 11) is 0. The van der Waals surface area contributed by atoms with E-state index in [0.29, 0.717) is 11.5 Å². The number of nitrogens with one attached hydrogen (secondary N) is 1. The molecule has 0 aliphatic rings. The summed E-state index contributed by atoms with van der Waals surface area (Å²) in [6, 6.07) is 11.2. The average Bonchev–Trinajstić information content (AvgIpc) is 2.89. The standard InChI is InChI=1S/C18H23N3O4/c1-5-24-16(22)12-21-15(19-17(23)25-18(2,3)4)11-14(20-21)13-9-7-6-8-10-13/h6-11H,5,12H2,1-4H3,(H,19,23). The second kappa shape index (κ2) is 7.83. The summed E-state index contributed by atoms with van der Waals surface area (Å²) >= 11 is 0. The highest BCUT2D eigenvalue weighted by Crippen LogP contribution is 2.22. The van der Waals surface area contributed by atoms with E-state index in [2.05, 4.69) is 10.4 Å². The van der Waals surface area contributed by atoms with Crippen molar-refractivity contribution >= 4 is 17.9 Å². The van der Waals surface area contributed by atoms with Crippen molar-refractivity contribution in [3.8, 4) is 11.3 Å². The minimum absolute atomic E-state index is 0.105. The summed E-state index contributed by atoms with van der Waals surface area (Å²) in [4.78, 5) is 23.8. The van der Waals surface area contributed by atoms with E-state index in [0.717, 1.165) is 5.56 Å². The number of carbonyl (C=O) groups excluding carboxylic acids is 2. The quantitative estimate of drug-likeness (QED) is 0.839. The molecule has 7 nitrogen and oxygen atoms in total. The smallest absolute Gasteiger partial charge is 0.413 e. The molecule has 0 fully saturated rings. The van der Waals surface area contributed by atoms with Crippen molar-refractivity contribution in [3.05, 3.63) is 36.4 Å². The van der Waals surface area contributed by atoms with Gasteiger partial charge in [-0.25, -0.2) is 9.48 Å². The number of aromatic nitrogens is 2. The van der Waals surface area contributed by atoms with E-state index in [4.69, 9.17) is 9.47 Å². The summed E-state index contributed by atoms with van der Waals surface area (Å²) in [5.74, 6) is -0.0707. The number of nitrogens with zero attached hydrogens (tertiary/aromatic N) is 2. The van der Waals surface area contributed by atoms with Crippen LogP contribution in [0, 0.1) is 0 Å². The summed E-state index contributed by atoms with van der Waals surface area (Å²) in [5, 5.41) is 7.03. The maximum absolute atomic E-state index is 12.0. The molecule has 1 amide bonds. The van der Waals surface area contributed by atoms with Gasteiger partial charge in [0.2, 0.25) is 0 Å². The van der Waals surface area contributed by atoms with Gasteiger partial charge in [-0.3, -0.25) is 10.1 Å². The van der Waals surface area contributed by atoms with Crippen molar-refractivity contribution in [2.75, 3.05) is 11.9 Å². The zero-order valence-corrected chi connectivity index (χ0v) is 14.9. The van der Waals surface area contributed by atoms with Crippen molar-refractivity contribution in [1.29, 1.82) is 0 Å². The Morgan fingerprint density at radius 2 is 1.88 bits per heavy atom. The molecule has 0 unspecified atom stereocenters. The first-order valence-corrected chi connectivity index (χ1v) is 8.07. The summed E-state index contributed by atoms with van der Waals surface area (Å²) in [6.07, 6.45) is -0.614. The Balaban J connectivity index is 2.27. The Labute approximate surface area is 146 Å². The molecular weight excluding hydrogens is 322 g/mol. The highest BCUT2D eigenvalue weighted by atomic mass is 16.6. The Morgan fingerprint density at radius 1 is 1.20 bits per heavy atom. The molecule has 0 bridgehead atoms. The van der Waals surface area contributed by atoms with Crippen LogP contribution in [-0.2, 0) is 20.8 Å². The molecule has 1 N–H and O–H groups in total. The first-order valence-electron chi connectivity index (χ1n) is 8.07. The topological polar surface area (TPSA) is 82.5 Å². The molecular formula is C18H23N3O4. The van der Waals surface area contributed by atoms with Gasteiger partial charge in [0, 0.05) is 11.6 Å². The number of anilines is 1. The number of rotatable bonds is 5. The average molecular weight is 345 g/mol. The Kier molecular flexibility index (Phi) is 5.80. The molecule has 1 aromatic carbocycles. The van der Waals surface area contributed by atoms with Crippen LogP contribution in [0.2, 0.25) is 0 Å². The molecule has 0 aliphatic heterocycles. The lowest BCUT2D eigenvalue weighted by molar-refractivity contribution is -0.144. The zero-order chi connectivity index (χ0) is 18.4. The van der Waals surface area contributed by atoms with E-state index < -0.39 is 17.7 Å². The van der Waals surface area contributed by atoms with Crippen LogP contribution in [-0.4, -0.2) is 34.1 Å². The van der Waals surface area contributed by atoms with Crippen molar-refractivity contribution in [1.82, 2.24) is 9.78 Å². The molecule has 7 heteroatoms. The monoisotopic (exact) mass is 345 g/mol. The number of esters is 1. The Bertz CT molecular complexity index is 733. The predicted octanol–water partition coefficient (Wildman–Crippen LogP) is 3.46.